The van der Waals surface area contributed by atoms with Crippen LogP contribution in [-0.2, 0) is 4.79 Å². The Balaban J connectivity index is 1.74. The Morgan fingerprint density at radius 1 is 1.04 bits per heavy atom. The summed E-state index contributed by atoms with van der Waals surface area (Å²) in [4.78, 5) is 12.0. The Hall–Kier alpha value is -2.69. The van der Waals surface area contributed by atoms with Crippen molar-refractivity contribution < 1.29 is 19.0 Å². The molecule has 2 rings (SSSR count). The molecule has 2 aromatic rings. The zero-order valence-electron chi connectivity index (χ0n) is 15.2. The van der Waals surface area contributed by atoms with E-state index in [-0.39, 0.29) is 18.6 Å². The molecule has 0 saturated carbocycles. The number of methoxy groups -OCH3 is 1. The summed E-state index contributed by atoms with van der Waals surface area (Å²) in [6.45, 7) is 6.24. The molecule has 0 radical (unpaired) electrons. The van der Waals surface area contributed by atoms with E-state index >= 15 is 0 Å². The van der Waals surface area contributed by atoms with Crippen LogP contribution in [0.5, 0.6) is 17.2 Å². The first-order valence-electron chi connectivity index (χ1n) is 8.25. The third kappa shape index (κ3) is 5.71. The SMILES string of the molecule is COc1ccc(OC[C@H](C)NC(=O)COc2cccc(C)c2C)cc1. The first kappa shape index (κ1) is 18.6. The van der Waals surface area contributed by atoms with E-state index < -0.39 is 0 Å². The van der Waals surface area contributed by atoms with E-state index in [2.05, 4.69) is 5.32 Å². The number of rotatable bonds is 8. The van der Waals surface area contributed by atoms with Gasteiger partial charge in [-0.3, -0.25) is 4.79 Å². The molecule has 0 aromatic heterocycles. The van der Waals surface area contributed by atoms with E-state index in [4.69, 9.17) is 14.2 Å². The van der Waals surface area contributed by atoms with Crippen LogP contribution in [0.1, 0.15) is 18.1 Å². The molecule has 0 bridgehead atoms. The molecule has 0 heterocycles. The molecule has 0 fully saturated rings. The Morgan fingerprint density at radius 3 is 2.40 bits per heavy atom. The maximum Gasteiger partial charge on any atom is 0.258 e. The van der Waals surface area contributed by atoms with Crippen molar-refractivity contribution in [2.45, 2.75) is 26.8 Å². The summed E-state index contributed by atoms with van der Waals surface area (Å²) in [7, 11) is 1.62. The largest absolute Gasteiger partial charge is 0.497 e. The fourth-order valence-corrected chi connectivity index (χ4v) is 2.28. The van der Waals surface area contributed by atoms with Crippen molar-refractivity contribution in [3.05, 3.63) is 53.6 Å². The van der Waals surface area contributed by atoms with Crippen LogP contribution in [0.15, 0.2) is 42.5 Å². The molecule has 1 amide bonds. The molecule has 0 unspecified atom stereocenters. The second-order valence-corrected chi connectivity index (χ2v) is 5.94. The Bertz CT molecular complexity index is 697. The van der Waals surface area contributed by atoms with Gasteiger partial charge in [0.05, 0.1) is 13.2 Å². The van der Waals surface area contributed by atoms with Gasteiger partial charge in [-0.05, 0) is 62.2 Å². The van der Waals surface area contributed by atoms with E-state index in [9.17, 15) is 4.79 Å². The van der Waals surface area contributed by atoms with E-state index in [1.54, 1.807) is 7.11 Å². The molecule has 2 aromatic carbocycles. The number of aryl methyl sites for hydroxylation is 1. The predicted molar refractivity (Wildman–Crippen MR) is 97.5 cm³/mol. The number of hydrogen-bond acceptors (Lipinski definition) is 4. The molecular weight excluding hydrogens is 318 g/mol. The minimum atomic E-state index is -0.174. The molecule has 0 aliphatic heterocycles. The van der Waals surface area contributed by atoms with Gasteiger partial charge in [0.1, 0.15) is 23.9 Å². The molecule has 0 saturated heterocycles. The monoisotopic (exact) mass is 343 g/mol. The Kier molecular flexibility index (Phi) is 6.69. The van der Waals surface area contributed by atoms with Crippen LogP contribution in [0, 0.1) is 13.8 Å². The maximum absolute atomic E-state index is 12.0. The molecular formula is C20H25NO4. The average Bonchev–Trinajstić information content (AvgIpc) is 2.61. The highest BCUT2D eigenvalue weighted by Gasteiger charge is 2.10. The van der Waals surface area contributed by atoms with Gasteiger partial charge in [0.2, 0.25) is 0 Å². The average molecular weight is 343 g/mol. The van der Waals surface area contributed by atoms with Crippen LogP contribution in [0.3, 0.4) is 0 Å². The van der Waals surface area contributed by atoms with Gasteiger partial charge in [-0.2, -0.15) is 0 Å². The second kappa shape index (κ2) is 8.97. The number of benzene rings is 2. The van der Waals surface area contributed by atoms with Gasteiger partial charge in [0.15, 0.2) is 6.61 Å². The highest BCUT2D eigenvalue weighted by molar-refractivity contribution is 5.77. The highest BCUT2D eigenvalue weighted by atomic mass is 16.5. The number of nitrogens with one attached hydrogen (secondary N) is 1. The summed E-state index contributed by atoms with van der Waals surface area (Å²) in [5.74, 6) is 2.06. The fraction of sp³-hybridized carbons (Fsp3) is 0.350. The molecule has 0 spiro atoms. The van der Waals surface area contributed by atoms with Gasteiger partial charge in [-0.1, -0.05) is 12.1 Å². The summed E-state index contributed by atoms with van der Waals surface area (Å²) in [6.07, 6.45) is 0. The lowest BCUT2D eigenvalue weighted by Gasteiger charge is -2.16. The van der Waals surface area contributed by atoms with Gasteiger partial charge in [0, 0.05) is 0 Å². The topological polar surface area (TPSA) is 56.8 Å². The standard InChI is InChI=1S/C20H25NO4/c1-14-6-5-7-19(16(14)3)25-13-20(22)21-15(2)12-24-18-10-8-17(23-4)9-11-18/h5-11,15H,12-13H2,1-4H3,(H,21,22)/t15-/m0/s1. The van der Waals surface area contributed by atoms with Crippen LogP contribution >= 0.6 is 0 Å². The van der Waals surface area contributed by atoms with Crippen LogP contribution in [0.2, 0.25) is 0 Å². The maximum atomic E-state index is 12.0. The fourth-order valence-electron chi connectivity index (χ4n) is 2.28. The van der Waals surface area contributed by atoms with Crippen molar-refractivity contribution in [1.29, 1.82) is 0 Å². The van der Waals surface area contributed by atoms with Gasteiger partial charge in [-0.25, -0.2) is 0 Å². The third-order valence-electron chi connectivity index (χ3n) is 3.88. The van der Waals surface area contributed by atoms with Gasteiger partial charge >= 0.3 is 0 Å². The number of ether oxygens (including phenoxy) is 3. The zero-order chi connectivity index (χ0) is 18.2. The molecule has 25 heavy (non-hydrogen) atoms. The number of hydrogen-bond donors (Lipinski definition) is 1. The molecule has 5 nitrogen and oxygen atoms in total. The van der Waals surface area contributed by atoms with Crippen molar-refractivity contribution in [3.63, 3.8) is 0 Å². The Labute approximate surface area is 148 Å². The summed E-state index contributed by atoms with van der Waals surface area (Å²) in [5.41, 5.74) is 2.19. The number of carbonyl (C=O) groups excluding carboxylic acids is 1. The van der Waals surface area contributed by atoms with E-state index in [1.807, 2.05) is 63.2 Å². The minimum Gasteiger partial charge on any atom is -0.497 e. The zero-order valence-corrected chi connectivity index (χ0v) is 15.2. The van der Waals surface area contributed by atoms with Crippen molar-refractivity contribution in [2.24, 2.45) is 0 Å². The minimum absolute atomic E-state index is 0.0167. The predicted octanol–water partition coefficient (Wildman–Crippen LogP) is 3.27. The first-order chi connectivity index (χ1) is 12.0. The van der Waals surface area contributed by atoms with Gasteiger partial charge < -0.3 is 19.5 Å². The molecule has 0 aliphatic carbocycles. The van der Waals surface area contributed by atoms with Crippen LogP contribution < -0.4 is 19.5 Å². The van der Waals surface area contributed by atoms with Crippen molar-refractivity contribution in [3.8, 4) is 17.2 Å². The lowest BCUT2D eigenvalue weighted by Crippen LogP contribution is -2.39. The van der Waals surface area contributed by atoms with Crippen molar-refractivity contribution >= 4 is 5.91 Å². The van der Waals surface area contributed by atoms with Gasteiger partial charge in [-0.15, -0.1) is 0 Å². The van der Waals surface area contributed by atoms with E-state index in [0.29, 0.717) is 6.61 Å². The molecule has 134 valence electrons. The van der Waals surface area contributed by atoms with Crippen LogP contribution in [0.25, 0.3) is 0 Å². The van der Waals surface area contributed by atoms with E-state index in [1.165, 1.54) is 0 Å². The van der Waals surface area contributed by atoms with Crippen LogP contribution in [0.4, 0.5) is 0 Å². The summed E-state index contributed by atoms with van der Waals surface area (Å²) < 4.78 is 16.4. The molecule has 0 aliphatic rings. The van der Waals surface area contributed by atoms with E-state index in [0.717, 1.165) is 28.4 Å². The molecule has 1 N–H and O–H groups in total. The third-order valence-corrected chi connectivity index (χ3v) is 3.88. The summed E-state index contributed by atoms with van der Waals surface area (Å²) >= 11 is 0. The van der Waals surface area contributed by atoms with Gasteiger partial charge in [0.25, 0.3) is 5.91 Å². The van der Waals surface area contributed by atoms with Crippen LogP contribution in [-0.4, -0.2) is 32.3 Å². The lowest BCUT2D eigenvalue weighted by molar-refractivity contribution is -0.123. The Morgan fingerprint density at radius 2 is 1.72 bits per heavy atom. The van der Waals surface area contributed by atoms with Crippen molar-refractivity contribution in [2.75, 3.05) is 20.3 Å². The second-order valence-electron chi connectivity index (χ2n) is 5.94. The summed E-state index contributed by atoms with van der Waals surface area (Å²) in [5, 5.41) is 2.86. The highest BCUT2D eigenvalue weighted by Crippen LogP contribution is 2.20. The lowest BCUT2D eigenvalue weighted by atomic mass is 10.1. The number of carbonyl (C=O) groups is 1. The quantitative estimate of drug-likeness (QED) is 0.799. The van der Waals surface area contributed by atoms with Crippen molar-refractivity contribution in [1.82, 2.24) is 5.32 Å². The number of amides is 1. The molecule has 5 heteroatoms. The normalized spacial score (nSPS) is 11.5. The molecule has 1 atom stereocenters. The smallest absolute Gasteiger partial charge is 0.258 e. The summed E-state index contributed by atoms with van der Waals surface area (Å²) in [6, 6.07) is 13.0. The first-order valence-corrected chi connectivity index (χ1v) is 8.25.